The molecule has 1 heteroatoms. The number of rotatable bonds is 6. The van der Waals surface area contributed by atoms with E-state index in [9.17, 15) is 5.11 Å². The van der Waals surface area contributed by atoms with Gasteiger partial charge >= 0.3 is 0 Å². The lowest BCUT2D eigenvalue weighted by Gasteiger charge is -2.58. The molecule has 4 aliphatic rings. The molecule has 4 rings (SSSR count). The van der Waals surface area contributed by atoms with Crippen molar-refractivity contribution in [3.05, 3.63) is 11.6 Å². The predicted octanol–water partition coefficient (Wildman–Crippen LogP) is 8.02. The van der Waals surface area contributed by atoms with Crippen LogP contribution in [0, 0.1) is 52.3 Å². The summed E-state index contributed by atoms with van der Waals surface area (Å²) in [5, 5.41) is 10.2. The van der Waals surface area contributed by atoms with Gasteiger partial charge in [0, 0.05) is 0 Å². The van der Waals surface area contributed by atoms with E-state index < -0.39 is 0 Å². The third-order valence-corrected chi connectivity index (χ3v) is 11.3. The van der Waals surface area contributed by atoms with Gasteiger partial charge in [-0.05, 0) is 110 Å². The van der Waals surface area contributed by atoms with E-state index in [0.717, 1.165) is 54.3 Å². The fourth-order valence-corrected chi connectivity index (χ4v) is 9.30. The van der Waals surface area contributed by atoms with Crippen LogP contribution in [0.2, 0.25) is 0 Å². The highest BCUT2D eigenvalue weighted by Gasteiger charge is 2.59. The minimum atomic E-state index is -0.0794. The average molecular weight is 415 g/mol. The van der Waals surface area contributed by atoms with Crippen molar-refractivity contribution in [3.63, 3.8) is 0 Å². The van der Waals surface area contributed by atoms with Crippen molar-refractivity contribution < 1.29 is 5.11 Å². The summed E-state index contributed by atoms with van der Waals surface area (Å²) in [6, 6.07) is 0. The maximum atomic E-state index is 10.2. The molecule has 0 aromatic carbocycles. The molecule has 3 saturated carbocycles. The molecule has 30 heavy (non-hydrogen) atoms. The van der Waals surface area contributed by atoms with E-state index in [1.807, 2.05) is 0 Å². The third kappa shape index (κ3) is 3.74. The normalized spacial score (nSPS) is 45.3. The summed E-state index contributed by atoms with van der Waals surface area (Å²) in [6.45, 7) is 15.1. The molecule has 0 aromatic heterocycles. The van der Waals surface area contributed by atoms with Crippen LogP contribution >= 0.6 is 0 Å². The predicted molar refractivity (Wildman–Crippen MR) is 128 cm³/mol. The third-order valence-electron chi connectivity index (χ3n) is 11.3. The summed E-state index contributed by atoms with van der Waals surface area (Å²) in [5.74, 6) is 6.31. The maximum absolute atomic E-state index is 10.2. The minimum Gasteiger partial charge on any atom is -0.393 e. The van der Waals surface area contributed by atoms with Gasteiger partial charge in [-0.15, -0.1) is 0 Å². The molecule has 0 aromatic rings. The van der Waals surface area contributed by atoms with Crippen LogP contribution in [0.4, 0.5) is 0 Å². The second-order valence-electron chi connectivity index (χ2n) is 12.9. The highest BCUT2D eigenvalue weighted by molar-refractivity contribution is 5.25. The fraction of sp³-hybridized carbons (Fsp3) is 0.931. The van der Waals surface area contributed by atoms with E-state index >= 15 is 0 Å². The van der Waals surface area contributed by atoms with Crippen LogP contribution in [-0.2, 0) is 0 Å². The lowest BCUT2D eigenvalue weighted by Crippen LogP contribution is -2.50. The van der Waals surface area contributed by atoms with Crippen molar-refractivity contribution in [2.75, 3.05) is 0 Å². The first-order chi connectivity index (χ1) is 14.2. The molecule has 4 aliphatic carbocycles. The van der Waals surface area contributed by atoms with E-state index in [2.05, 4.69) is 47.6 Å². The molecule has 4 unspecified atom stereocenters. The quantitative estimate of drug-likeness (QED) is 0.436. The molecule has 0 radical (unpaired) electrons. The van der Waals surface area contributed by atoms with Gasteiger partial charge in [0.2, 0.25) is 0 Å². The number of aliphatic hydroxyl groups excluding tert-OH is 1. The monoisotopic (exact) mass is 414 g/mol. The molecule has 9 atom stereocenters. The number of fused-ring (bicyclic) bond motifs is 5. The summed E-state index contributed by atoms with van der Waals surface area (Å²) in [5.41, 5.74) is 2.59. The van der Waals surface area contributed by atoms with Gasteiger partial charge in [-0.1, -0.05) is 66.0 Å². The van der Waals surface area contributed by atoms with Crippen LogP contribution in [0.3, 0.4) is 0 Å². The first kappa shape index (κ1) is 22.9. The molecule has 3 fully saturated rings. The second-order valence-corrected chi connectivity index (χ2v) is 12.9. The first-order valence-electron chi connectivity index (χ1n) is 13.6. The van der Waals surface area contributed by atoms with Crippen molar-refractivity contribution in [1.29, 1.82) is 0 Å². The number of hydrogen-bond donors (Lipinski definition) is 1. The van der Waals surface area contributed by atoms with Crippen LogP contribution < -0.4 is 0 Å². The van der Waals surface area contributed by atoms with Crippen LogP contribution in [0.1, 0.15) is 112 Å². The molecule has 1 nitrogen and oxygen atoms in total. The van der Waals surface area contributed by atoms with E-state index in [0.29, 0.717) is 10.8 Å². The van der Waals surface area contributed by atoms with Crippen LogP contribution in [0.15, 0.2) is 11.6 Å². The Labute approximate surface area is 187 Å². The highest BCUT2D eigenvalue weighted by atomic mass is 16.3. The molecule has 1 N–H and O–H groups in total. The molecule has 0 aliphatic heterocycles. The maximum Gasteiger partial charge on any atom is 0.0577 e. The number of hydrogen-bond acceptors (Lipinski definition) is 1. The number of allylic oxidation sites excluding steroid dienone is 1. The van der Waals surface area contributed by atoms with Gasteiger partial charge in [0.25, 0.3) is 0 Å². The Bertz CT molecular complexity index is 634. The Morgan fingerprint density at radius 2 is 1.77 bits per heavy atom. The summed E-state index contributed by atoms with van der Waals surface area (Å²) < 4.78 is 0. The topological polar surface area (TPSA) is 20.2 Å². The summed E-state index contributed by atoms with van der Waals surface area (Å²) in [6.07, 6.45) is 17.1. The SMILES string of the molecule is CCC(CCC(C)[C@H]1CCC2[C@@H]3CC=C4C[C@@H](O)CC[C@]4(C)C3CC[C@@]21C)C(C)C. The van der Waals surface area contributed by atoms with Gasteiger partial charge in [-0.3, -0.25) is 0 Å². The highest BCUT2D eigenvalue weighted by Crippen LogP contribution is 2.67. The molecular weight excluding hydrogens is 364 g/mol. The van der Waals surface area contributed by atoms with Gasteiger partial charge in [-0.2, -0.15) is 0 Å². The van der Waals surface area contributed by atoms with Crippen molar-refractivity contribution >= 4 is 0 Å². The second kappa shape index (κ2) is 8.57. The van der Waals surface area contributed by atoms with Crippen molar-refractivity contribution in [2.45, 2.75) is 118 Å². The molecule has 0 spiro atoms. The van der Waals surface area contributed by atoms with Crippen LogP contribution in [-0.4, -0.2) is 11.2 Å². The molecule has 172 valence electrons. The van der Waals surface area contributed by atoms with Gasteiger partial charge in [0.05, 0.1) is 6.10 Å². The standard InChI is InChI=1S/C29H50O/c1-7-21(19(2)3)9-8-20(4)25-12-13-26-24-11-10-22-18-23(30)14-16-28(22,5)27(24)15-17-29(25,26)6/h10,19-21,23-27,30H,7-9,11-18H2,1-6H3/t20?,21?,23-,24-,25+,26?,27?,28-,29+/m0/s1. The van der Waals surface area contributed by atoms with E-state index in [-0.39, 0.29) is 6.10 Å². The Morgan fingerprint density at radius 1 is 1.00 bits per heavy atom. The van der Waals surface area contributed by atoms with Crippen molar-refractivity contribution in [2.24, 2.45) is 52.3 Å². The Hall–Kier alpha value is -0.300. The lowest BCUT2D eigenvalue weighted by molar-refractivity contribution is -0.0575. The van der Waals surface area contributed by atoms with Gasteiger partial charge in [0.1, 0.15) is 0 Å². The van der Waals surface area contributed by atoms with Crippen molar-refractivity contribution in [1.82, 2.24) is 0 Å². The van der Waals surface area contributed by atoms with Crippen LogP contribution in [0.25, 0.3) is 0 Å². The summed E-state index contributed by atoms with van der Waals surface area (Å²) in [7, 11) is 0. The molecule has 0 heterocycles. The summed E-state index contributed by atoms with van der Waals surface area (Å²) in [4.78, 5) is 0. The zero-order valence-electron chi connectivity index (χ0n) is 20.9. The fourth-order valence-electron chi connectivity index (χ4n) is 9.30. The zero-order chi connectivity index (χ0) is 21.7. The largest absolute Gasteiger partial charge is 0.393 e. The Kier molecular flexibility index (Phi) is 6.53. The Morgan fingerprint density at radius 3 is 2.47 bits per heavy atom. The molecular formula is C29H50O. The lowest BCUT2D eigenvalue weighted by atomic mass is 9.47. The molecule has 0 amide bonds. The van der Waals surface area contributed by atoms with E-state index in [1.54, 1.807) is 5.57 Å². The Balaban J connectivity index is 1.47. The van der Waals surface area contributed by atoms with Gasteiger partial charge < -0.3 is 5.11 Å². The average Bonchev–Trinajstić information content (AvgIpc) is 3.06. The molecule has 0 bridgehead atoms. The van der Waals surface area contributed by atoms with Crippen LogP contribution in [0.5, 0.6) is 0 Å². The smallest absolute Gasteiger partial charge is 0.0577 e. The molecule has 0 saturated heterocycles. The van der Waals surface area contributed by atoms with Gasteiger partial charge in [0.15, 0.2) is 0 Å². The minimum absolute atomic E-state index is 0.0794. The van der Waals surface area contributed by atoms with Crippen molar-refractivity contribution in [3.8, 4) is 0 Å². The van der Waals surface area contributed by atoms with Gasteiger partial charge in [-0.25, -0.2) is 0 Å². The van der Waals surface area contributed by atoms with E-state index in [1.165, 1.54) is 57.8 Å². The first-order valence-corrected chi connectivity index (χ1v) is 13.6. The number of aliphatic hydroxyl groups is 1. The zero-order valence-corrected chi connectivity index (χ0v) is 20.9. The summed E-state index contributed by atoms with van der Waals surface area (Å²) >= 11 is 0. The van der Waals surface area contributed by atoms with E-state index in [4.69, 9.17) is 0 Å².